The molecule has 0 aliphatic carbocycles. The van der Waals surface area contributed by atoms with Crippen LogP contribution in [0.3, 0.4) is 0 Å². The molecule has 3 rings (SSSR count). The molecule has 1 atom stereocenters. The van der Waals surface area contributed by atoms with Crippen LogP contribution in [-0.2, 0) is 9.59 Å². The van der Waals surface area contributed by atoms with E-state index >= 15 is 0 Å². The van der Waals surface area contributed by atoms with Crippen molar-refractivity contribution < 1.29 is 9.59 Å². The zero-order valence-electron chi connectivity index (χ0n) is 13.2. The lowest BCUT2D eigenvalue weighted by molar-refractivity contribution is -0.123. The number of hydrogen-bond acceptors (Lipinski definition) is 5. The van der Waals surface area contributed by atoms with Crippen molar-refractivity contribution in [1.82, 2.24) is 10.9 Å². The van der Waals surface area contributed by atoms with Gasteiger partial charge in [-0.1, -0.05) is 36.0 Å². The van der Waals surface area contributed by atoms with Crippen LogP contribution in [0.25, 0.3) is 0 Å². The summed E-state index contributed by atoms with van der Waals surface area (Å²) in [6.07, 6.45) is 0. The number of nitrogens with zero attached hydrogens (tertiary/aromatic N) is 1. The number of benzene rings is 2. The van der Waals surface area contributed by atoms with E-state index in [4.69, 9.17) is 5.73 Å². The molecule has 7 heteroatoms. The fourth-order valence-electron chi connectivity index (χ4n) is 2.37. The zero-order valence-corrected chi connectivity index (χ0v) is 14.0. The molecule has 0 bridgehead atoms. The van der Waals surface area contributed by atoms with Crippen molar-refractivity contribution in [2.24, 2.45) is 5.73 Å². The van der Waals surface area contributed by atoms with Gasteiger partial charge in [0.15, 0.2) is 0 Å². The predicted molar refractivity (Wildman–Crippen MR) is 93.9 cm³/mol. The smallest absolute Gasteiger partial charge is 0.250 e. The molecule has 0 radical (unpaired) electrons. The summed E-state index contributed by atoms with van der Waals surface area (Å²) >= 11 is 1.64. The first-order valence-corrected chi connectivity index (χ1v) is 8.36. The molecule has 1 aliphatic rings. The van der Waals surface area contributed by atoms with E-state index in [9.17, 15) is 9.59 Å². The Morgan fingerprint density at radius 2 is 1.62 bits per heavy atom. The van der Waals surface area contributed by atoms with Gasteiger partial charge >= 0.3 is 0 Å². The van der Waals surface area contributed by atoms with Gasteiger partial charge in [-0.15, -0.1) is 0 Å². The summed E-state index contributed by atoms with van der Waals surface area (Å²) in [5.74, 6) is -0.530. The van der Waals surface area contributed by atoms with Gasteiger partial charge in [0.1, 0.15) is 0 Å². The van der Waals surface area contributed by atoms with E-state index in [0.29, 0.717) is 0 Å². The Bertz CT molecular complexity index is 733. The molecule has 2 aromatic rings. The fraction of sp³-hybridized carbons (Fsp3) is 0.176. The number of amides is 2. The van der Waals surface area contributed by atoms with Crippen LogP contribution in [0.2, 0.25) is 0 Å². The highest BCUT2D eigenvalue weighted by Gasteiger charge is 2.27. The zero-order chi connectivity index (χ0) is 17.1. The van der Waals surface area contributed by atoms with Crippen LogP contribution in [0.15, 0.2) is 58.3 Å². The van der Waals surface area contributed by atoms with Crippen molar-refractivity contribution >= 4 is 35.0 Å². The van der Waals surface area contributed by atoms with Crippen LogP contribution < -0.4 is 21.5 Å². The second-order valence-corrected chi connectivity index (χ2v) is 6.48. The van der Waals surface area contributed by atoms with Crippen molar-refractivity contribution in [1.29, 1.82) is 0 Å². The number of nitrogens with one attached hydrogen (secondary N) is 2. The molecular weight excluding hydrogens is 324 g/mol. The monoisotopic (exact) mass is 342 g/mol. The summed E-state index contributed by atoms with van der Waals surface area (Å²) in [5, 5.41) is 0. The third-order valence-electron chi connectivity index (χ3n) is 3.55. The molecule has 1 unspecified atom stereocenters. The molecule has 2 aromatic carbocycles. The Morgan fingerprint density at radius 3 is 2.17 bits per heavy atom. The van der Waals surface area contributed by atoms with Crippen LogP contribution in [0.1, 0.15) is 6.92 Å². The minimum absolute atomic E-state index is 0.0359. The largest absolute Gasteiger partial charge is 0.320 e. The Balaban J connectivity index is 1.82. The van der Waals surface area contributed by atoms with Gasteiger partial charge in [-0.25, -0.2) is 5.43 Å². The highest BCUT2D eigenvalue weighted by molar-refractivity contribution is 7.99. The second-order valence-electron chi connectivity index (χ2n) is 5.40. The molecule has 0 saturated heterocycles. The first-order valence-electron chi connectivity index (χ1n) is 7.55. The number of nitrogens with two attached hydrogens (primary N) is 1. The van der Waals surface area contributed by atoms with Crippen molar-refractivity contribution in [3.63, 3.8) is 0 Å². The predicted octanol–water partition coefficient (Wildman–Crippen LogP) is 1.78. The molecule has 24 heavy (non-hydrogen) atoms. The number of para-hydroxylation sites is 2. The van der Waals surface area contributed by atoms with Gasteiger partial charge in [-0.3, -0.25) is 19.9 Å². The number of fused-ring (bicyclic) bond motifs is 2. The minimum atomic E-state index is -0.638. The quantitative estimate of drug-likeness (QED) is 0.737. The minimum Gasteiger partial charge on any atom is -0.320 e. The van der Waals surface area contributed by atoms with Gasteiger partial charge in [0, 0.05) is 9.79 Å². The van der Waals surface area contributed by atoms with Crippen LogP contribution in [-0.4, -0.2) is 24.4 Å². The molecule has 2 amide bonds. The maximum atomic E-state index is 12.7. The number of anilines is 2. The standard InChI is InChI=1S/C17H18N4O2S/c1-11(18)17(23)20-19-10-16(22)21-12-6-2-4-8-14(12)24-15-9-5-3-7-13(15)21/h2-9,11,19H,10,18H2,1H3,(H,20,23). The maximum Gasteiger partial charge on any atom is 0.250 e. The van der Waals surface area contributed by atoms with Gasteiger partial charge in [0.25, 0.3) is 5.91 Å². The third kappa shape index (κ3) is 3.28. The number of carbonyl (C=O) groups excluding carboxylic acids is 2. The highest BCUT2D eigenvalue weighted by atomic mass is 32.2. The first-order chi connectivity index (χ1) is 11.6. The number of hydrazine groups is 1. The van der Waals surface area contributed by atoms with Crippen molar-refractivity contribution in [2.75, 3.05) is 11.4 Å². The van der Waals surface area contributed by atoms with E-state index in [1.54, 1.807) is 23.6 Å². The van der Waals surface area contributed by atoms with Gasteiger partial charge < -0.3 is 5.73 Å². The average molecular weight is 342 g/mol. The summed E-state index contributed by atoms with van der Waals surface area (Å²) in [6, 6.07) is 14.9. The van der Waals surface area contributed by atoms with Gasteiger partial charge in [0.05, 0.1) is 24.0 Å². The highest BCUT2D eigenvalue weighted by Crippen LogP contribution is 2.47. The SMILES string of the molecule is CC(N)C(=O)NNCC(=O)N1c2ccccc2Sc2ccccc21. The topological polar surface area (TPSA) is 87.5 Å². The van der Waals surface area contributed by atoms with E-state index in [1.807, 2.05) is 48.5 Å². The third-order valence-corrected chi connectivity index (χ3v) is 4.68. The molecule has 0 spiro atoms. The first kappa shape index (κ1) is 16.5. The number of rotatable bonds is 4. The van der Waals surface area contributed by atoms with Gasteiger partial charge in [0.2, 0.25) is 5.91 Å². The molecule has 0 saturated carbocycles. The molecule has 4 N–H and O–H groups in total. The second kappa shape index (κ2) is 7.04. The van der Waals surface area contributed by atoms with Crippen molar-refractivity contribution in [3.05, 3.63) is 48.5 Å². The van der Waals surface area contributed by atoms with Crippen LogP contribution in [0.4, 0.5) is 11.4 Å². The molecule has 0 aromatic heterocycles. The Labute approximate surface area is 144 Å². The van der Waals surface area contributed by atoms with Gasteiger partial charge in [-0.2, -0.15) is 0 Å². The summed E-state index contributed by atoms with van der Waals surface area (Å²) in [4.78, 5) is 27.9. The summed E-state index contributed by atoms with van der Waals surface area (Å²) in [5.41, 5.74) is 12.2. The summed E-state index contributed by atoms with van der Waals surface area (Å²) < 4.78 is 0. The van der Waals surface area contributed by atoms with Crippen molar-refractivity contribution in [2.45, 2.75) is 22.8 Å². The fourth-order valence-corrected chi connectivity index (χ4v) is 3.43. The molecule has 124 valence electrons. The molecule has 1 aliphatic heterocycles. The van der Waals surface area contributed by atoms with E-state index in [-0.39, 0.29) is 18.4 Å². The lowest BCUT2D eigenvalue weighted by Gasteiger charge is -2.31. The summed E-state index contributed by atoms with van der Waals surface area (Å²) in [7, 11) is 0. The van der Waals surface area contributed by atoms with E-state index in [1.165, 1.54) is 0 Å². The van der Waals surface area contributed by atoms with E-state index in [2.05, 4.69) is 10.9 Å². The lowest BCUT2D eigenvalue weighted by atomic mass is 10.2. The number of hydrogen-bond donors (Lipinski definition) is 3. The van der Waals surface area contributed by atoms with Crippen molar-refractivity contribution in [3.8, 4) is 0 Å². The normalized spacial score (nSPS) is 13.7. The van der Waals surface area contributed by atoms with Crippen LogP contribution in [0, 0.1) is 0 Å². The number of carbonyl (C=O) groups is 2. The molecule has 6 nitrogen and oxygen atoms in total. The molecule has 1 heterocycles. The molecule has 0 fully saturated rings. The molecular formula is C17H18N4O2S. The van der Waals surface area contributed by atoms with Crippen LogP contribution in [0.5, 0.6) is 0 Å². The Hall–Kier alpha value is -2.35. The van der Waals surface area contributed by atoms with E-state index < -0.39 is 6.04 Å². The Morgan fingerprint density at radius 1 is 1.08 bits per heavy atom. The van der Waals surface area contributed by atoms with E-state index in [0.717, 1.165) is 21.2 Å². The summed E-state index contributed by atoms with van der Waals surface area (Å²) in [6.45, 7) is 1.54. The van der Waals surface area contributed by atoms with Crippen LogP contribution >= 0.6 is 11.8 Å². The van der Waals surface area contributed by atoms with Gasteiger partial charge in [-0.05, 0) is 31.2 Å². The Kier molecular flexibility index (Phi) is 4.84. The average Bonchev–Trinajstić information content (AvgIpc) is 2.59. The lowest BCUT2D eigenvalue weighted by Crippen LogP contribution is -2.49. The maximum absolute atomic E-state index is 12.7.